The second-order valence-electron chi connectivity index (χ2n) is 6.49. The first-order valence-corrected chi connectivity index (χ1v) is 9.84. The van der Waals surface area contributed by atoms with Crippen molar-refractivity contribution in [3.05, 3.63) is 65.0 Å². The number of thiophene rings is 1. The zero-order chi connectivity index (χ0) is 17.8. The molecule has 2 heterocycles. The van der Waals surface area contributed by atoms with Gasteiger partial charge in [0.05, 0.1) is 0 Å². The lowest BCUT2D eigenvalue weighted by Crippen LogP contribution is -2.34. The van der Waals surface area contributed by atoms with Crippen molar-refractivity contribution in [3.8, 4) is 5.75 Å². The molecule has 0 aliphatic carbocycles. The van der Waals surface area contributed by atoms with Crippen LogP contribution in [0.5, 0.6) is 5.75 Å². The summed E-state index contributed by atoms with van der Waals surface area (Å²) in [7, 11) is 0. The number of nitrogens with one attached hydrogen (secondary N) is 2. The minimum Gasteiger partial charge on any atom is -0.488 e. The van der Waals surface area contributed by atoms with Crippen molar-refractivity contribution in [2.75, 3.05) is 13.1 Å². The highest BCUT2D eigenvalue weighted by Crippen LogP contribution is 2.39. The van der Waals surface area contributed by atoms with Crippen molar-refractivity contribution in [1.29, 1.82) is 0 Å². The summed E-state index contributed by atoms with van der Waals surface area (Å²) in [6.45, 7) is 2.44. The van der Waals surface area contributed by atoms with Crippen molar-refractivity contribution in [2.45, 2.75) is 25.5 Å². The molecule has 0 unspecified atom stereocenters. The molecule has 1 aliphatic heterocycles. The Morgan fingerprint density at radius 2 is 1.81 bits per heavy atom. The van der Waals surface area contributed by atoms with Crippen LogP contribution in [-0.4, -0.2) is 25.1 Å². The Morgan fingerprint density at radius 1 is 1.08 bits per heavy atom. The van der Waals surface area contributed by atoms with Gasteiger partial charge in [-0.1, -0.05) is 42.5 Å². The van der Waals surface area contributed by atoms with Crippen LogP contribution in [0.3, 0.4) is 0 Å². The van der Waals surface area contributed by atoms with E-state index < -0.39 is 0 Å². The molecule has 0 saturated carbocycles. The minimum atomic E-state index is -0.0704. The van der Waals surface area contributed by atoms with E-state index >= 15 is 0 Å². The molecular formula is C21H22N2O2S. The van der Waals surface area contributed by atoms with Crippen LogP contribution in [0.4, 0.5) is 0 Å². The van der Waals surface area contributed by atoms with E-state index in [1.807, 2.05) is 54.6 Å². The molecule has 2 N–H and O–H groups in total. The number of fused-ring (bicyclic) bond motifs is 1. The summed E-state index contributed by atoms with van der Waals surface area (Å²) in [6.07, 6.45) is 2.10. The number of carbonyl (C=O) groups is 1. The lowest BCUT2D eigenvalue weighted by molar-refractivity contribution is 0.0946. The normalized spacial score (nSPS) is 15.1. The number of benzene rings is 2. The van der Waals surface area contributed by atoms with E-state index in [2.05, 4.69) is 10.6 Å². The van der Waals surface area contributed by atoms with Gasteiger partial charge < -0.3 is 15.4 Å². The highest BCUT2D eigenvalue weighted by atomic mass is 32.1. The maximum Gasteiger partial charge on any atom is 0.265 e. The lowest BCUT2D eigenvalue weighted by atomic mass is 10.1. The highest BCUT2D eigenvalue weighted by molar-refractivity contribution is 7.21. The van der Waals surface area contributed by atoms with E-state index in [0.29, 0.717) is 11.4 Å². The average molecular weight is 366 g/mol. The molecule has 5 heteroatoms. The SMILES string of the molecule is O=C(NCc1ccccc1)c1sc2ccccc2c1OC1CCNCC1. The third-order valence-corrected chi connectivity index (χ3v) is 5.77. The summed E-state index contributed by atoms with van der Waals surface area (Å²) in [5.74, 6) is 0.669. The van der Waals surface area contributed by atoms with E-state index in [1.165, 1.54) is 11.3 Å². The van der Waals surface area contributed by atoms with E-state index in [-0.39, 0.29) is 12.0 Å². The average Bonchev–Trinajstić information content (AvgIpc) is 3.06. The zero-order valence-corrected chi connectivity index (χ0v) is 15.4. The van der Waals surface area contributed by atoms with E-state index in [0.717, 1.165) is 47.3 Å². The first-order valence-electron chi connectivity index (χ1n) is 9.02. The number of hydrogen-bond acceptors (Lipinski definition) is 4. The summed E-state index contributed by atoms with van der Waals surface area (Å²) in [6, 6.07) is 18.0. The van der Waals surface area contributed by atoms with Crippen LogP contribution < -0.4 is 15.4 Å². The largest absolute Gasteiger partial charge is 0.488 e. The molecule has 2 aromatic carbocycles. The van der Waals surface area contributed by atoms with Crippen LogP contribution in [0.15, 0.2) is 54.6 Å². The number of ether oxygens (including phenoxy) is 1. The second kappa shape index (κ2) is 7.89. The zero-order valence-electron chi connectivity index (χ0n) is 14.5. The monoisotopic (exact) mass is 366 g/mol. The molecular weight excluding hydrogens is 344 g/mol. The lowest BCUT2D eigenvalue weighted by Gasteiger charge is -2.24. The summed E-state index contributed by atoms with van der Waals surface area (Å²) < 4.78 is 7.41. The molecule has 134 valence electrons. The number of rotatable bonds is 5. The van der Waals surface area contributed by atoms with Crippen molar-refractivity contribution in [2.24, 2.45) is 0 Å². The molecule has 1 fully saturated rings. The fourth-order valence-electron chi connectivity index (χ4n) is 3.23. The van der Waals surface area contributed by atoms with Gasteiger partial charge in [-0.15, -0.1) is 11.3 Å². The van der Waals surface area contributed by atoms with Gasteiger partial charge in [-0.3, -0.25) is 4.79 Å². The van der Waals surface area contributed by atoms with Crippen LogP contribution >= 0.6 is 11.3 Å². The summed E-state index contributed by atoms with van der Waals surface area (Å²) in [5, 5.41) is 7.41. The number of carbonyl (C=O) groups excluding carboxylic acids is 1. The maximum absolute atomic E-state index is 12.9. The van der Waals surface area contributed by atoms with Gasteiger partial charge in [0.2, 0.25) is 0 Å². The molecule has 1 amide bonds. The summed E-state index contributed by atoms with van der Waals surface area (Å²) >= 11 is 1.50. The van der Waals surface area contributed by atoms with Crippen LogP contribution in [0.25, 0.3) is 10.1 Å². The van der Waals surface area contributed by atoms with Gasteiger partial charge >= 0.3 is 0 Å². The standard InChI is InChI=1S/C21H22N2O2S/c24-21(23-14-15-6-2-1-3-7-15)20-19(25-16-10-12-22-13-11-16)17-8-4-5-9-18(17)26-20/h1-9,16,22H,10-14H2,(H,23,24). The fourth-order valence-corrected chi connectivity index (χ4v) is 4.28. The fraction of sp³-hybridized carbons (Fsp3) is 0.286. The third-order valence-electron chi connectivity index (χ3n) is 4.62. The summed E-state index contributed by atoms with van der Waals surface area (Å²) in [5.41, 5.74) is 1.09. The first kappa shape index (κ1) is 17.1. The van der Waals surface area contributed by atoms with Crippen LogP contribution in [0, 0.1) is 0 Å². The first-order chi connectivity index (χ1) is 12.8. The van der Waals surface area contributed by atoms with Crippen LogP contribution in [0.1, 0.15) is 28.1 Å². The van der Waals surface area contributed by atoms with Gasteiger partial charge in [0.1, 0.15) is 11.0 Å². The van der Waals surface area contributed by atoms with Crippen molar-refractivity contribution in [1.82, 2.24) is 10.6 Å². The molecule has 1 aromatic heterocycles. The molecule has 0 spiro atoms. The van der Waals surface area contributed by atoms with Crippen molar-refractivity contribution in [3.63, 3.8) is 0 Å². The molecule has 0 bridgehead atoms. The van der Waals surface area contributed by atoms with Crippen molar-refractivity contribution < 1.29 is 9.53 Å². The van der Waals surface area contributed by atoms with Gasteiger partial charge in [0, 0.05) is 16.6 Å². The van der Waals surface area contributed by atoms with Gasteiger partial charge in [-0.05, 0) is 43.6 Å². The Bertz CT molecular complexity index is 885. The van der Waals surface area contributed by atoms with Crippen LogP contribution in [-0.2, 0) is 6.54 Å². The molecule has 0 atom stereocenters. The Kier molecular flexibility index (Phi) is 5.18. The van der Waals surface area contributed by atoms with Crippen LogP contribution in [0.2, 0.25) is 0 Å². The molecule has 26 heavy (non-hydrogen) atoms. The quantitative estimate of drug-likeness (QED) is 0.719. The molecule has 4 rings (SSSR count). The van der Waals surface area contributed by atoms with E-state index in [4.69, 9.17) is 4.74 Å². The Morgan fingerprint density at radius 3 is 2.62 bits per heavy atom. The van der Waals surface area contributed by atoms with Gasteiger partial charge in [-0.2, -0.15) is 0 Å². The second-order valence-corrected chi connectivity index (χ2v) is 7.54. The topological polar surface area (TPSA) is 50.4 Å². The van der Waals surface area contributed by atoms with E-state index in [9.17, 15) is 4.79 Å². The maximum atomic E-state index is 12.9. The Hall–Kier alpha value is -2.37. The third kappa shape index (κ3) is 3.74. The van der Waals surface area contributed by atoms with Gasteiger partial charge in [-0.25, -0.2) is 0 Å². The molecule has 1 aliphatic rings. The molecule has 1 saturated heterocycles. The molecule has 0 radical (unpaired) electrons. The van der Waals surface area contributed by atoms with E-state index in [1.54, 1.807) is 0 Å². The number of amides is 1. The van der Waals surface area contributed by atoms with Gasteiger partial charge in [0.25, 0.3) is 5.91 Å². The predicted octanol–water partition coefficient (Wildman–Crippen LogP) is 3.96. The van der Waals surface area contributed by atoms with Crippen molar-refractivity contribution >= 4 is 27.3 Å². The summed E-state index contributed by atoms with van der Waals surface area (Å²) in [4.78, 5) is 13.5. The number of piperidine rings is 1. The molecule has 3 aromatic rings. The smallest absolute Gasteiger partial charge is 0.265 e. The van der Waals surface area contributed by atoms with Gasteiger partial charge in [0.15, 0.2) is 5.75 Å². The predicted molar refractivity (Wildman–Crippen MR) is 106 cm³/mol. The molecule has 4 nitrogen and oxygen atoms in total. The Labute approximate surface area is 157 Å². The number of hydrogen-bond donors (Lipinski definition) is 2. The Balaban J connectivity index is 1.58. The highest BCUT2D eigenvalue weighted by Gasteiger charge is 2.23. The minimum absolute atomic E-state index is 0.0704.